The summed E-state index contributed by atoms with van der Waals surface area (Å²) < 4.78 is 44.0. The van der Waals surface area contributed by atoms with Gasteiger partial charge in [0.2, 0.25) is 0 Å². The SMILES string of the molecule is CCCN(CC(F)(F)F)C(=O)c1cc(-c2ccc(C)s2)nc2onc(C)c12. The highest BCUT2D eigenvalue weighted by atomic mass is 32.1. The van der Waals surface area contributed by atoms with Crippen molar-refractivity contribution >= 4 is 28.3 Å². The molecular weight excluding hydrogens is 379 g/mol. The number of hydrogen-bond acceptors (Lipinski definition) is 5. The molecule has 0 aliphatic carbocycles. The zero-order chi connectivity index (χ0) is 19.8. The first-order valence-corrected chi connectivity index (χ1v) is 9.21. The molecule has 1 amide bonds. The topological polar surface area (TPSA) is 59.2 Å². The molecule has 0 saturated heterocycles. The van der Waals surface area contributed by atoms with Gasteiger partial charge in [-0.3, -0.25) is 4.79 Å². The third kappa shape index (κ3) is 4.13. The lowest BCUT2D eigenvalue weighted by molar-refractivity contribution is -0.140. The first-order valence-electron chi connectivity index (χ1n) is 8.39. The molecule has 3 aromatic rings. The summed E-state index contributed by atoms with van der Waals surface area (Å²) in [6, 6.07) is 5.29. The van der Waals surface area contributed by atoms with Crippen molar-refractivity contribution in [1.82, 2.24) is 15.0 Å². The number of pyridine rings is 1. The van der Waals surface area contributed by atoms with E-state index in [0.29, 0.717) is 23.2 Å². The second kappa shape index (κ2) is 7.30. The van der Waals surface area contributed by atoms with Crippen molar-refractivity contribution in [3.8, 4) is 10.6 Å². The van der Waals surface area contributed by atoms with Crippen molar-refractivity contribution < 1.29 is 22.5 Å². The molecule has 9 heteroatoms. The van der Waals surface area contributed by atoms with Crippen LogP contribution in [0.15, 0.2) is 22.7 Å². The van der Waals surface area contributed by atoms with E-state index >= 15 is 0 Å². The fraction of sp³-hybridized carbons (Fsp3) is 0.389. The van der Waals surface area contributed by atoms with Gasteiger partial charge in [0.15, 0.2) is 0 Å². The standard InChI is InChI=1S/C18H18F3N3O2S/c1-4-7-24(9-18(19,20)21)17(25)12-8-13(14-6-5-10(2)27-14)22-16-15(12)11(3)23-26-16/h5-6,8H,4,7,9H2,1-3H3. The summed E-state index contributed by atoms with van der Waals surface area (Å²) in [4.78, 5) is 20.1. The van der Waals surface area contributed by atoms with Gasteiger partial charge < -0.3 is 9.42 Å². The van der Waals surface area contributed by atoms with Crippen LogP contribution >= 0.6 is 11.3 Å². The number of aromatic nitrogens is 2. The Kier molecular flexibility index (Phi) is 5.23. The number of halogens is 3. The number of carbonyl (C=O) groups excluding carboxylic acids is 1. The number of thiophene rings is 1. The normalized spacial score (nSPS) is 11.9. The quantitative estimate of drug-likeness (QED) is 0.609. The van der Waals surface area contributed by atoms with Crippen LogP contribution < -0.4 is 0 Å². The smallest absolute Gasteiger partial charge is 0.335 e. The van der Waals surface area contributed by atoms with Crippen LogP contribution in [-0.2, 0) is 0 Å². The molecule has 3 heterocycles. The molecule has 3 rings (SSSR count). The number of amides is 1. The summed E-state index contributed by atoms with van der Waals surface area (Å²) >= 11 is 1.48. The van der Waals surface area contributed by atoms with E-state index < -0.39 is 18.6 Å². The number of rotatable bonds is 5. The van der Waals surface area contributed by atoms with Crippen molar-refractivity contribution in [2.45, 2.75) is 33.4 Å². The highest BCUT2D eigenvalue weighted by Crippen LogP contribution is 2.32. The maximum Gasteiger partial charge on any atom is 0.406 e. The fourth-order valence-corrected chi connectivity index (χ4v) is 3.70. The van der Waals surface area contributed by atoms with Crippen LogP contribution in [0.4, 0.5) is 13.2 Å². The zero-order valence-electron chi connectivity index (χ0n) is 15.1. The maximum atomic E-state index is 13.0. The molecule has 144 valence electrons. The van der Waals surface area contributed by atoms with Gasteiger partial charge in [-0.2, -0.15) is 13.2 Å². The highest BCUT2D eigenvalue weighted by Gasteiger charge is 2.34. The molecule has 0 unspecified atom stereocenters. The Balaban J connectivity index is 2.13. The minimum absolute atomic E-state index is 0.0000688. The first-order chi connectivity index (χ1) is 12.7. The molecular formula is C18H18F3N3O2S. The van der Waals surface area contributed by atoms with Gasteiger partial charge >= 0.3 is 6.18 Å². The summed E-state index contributed by atoms with van der Waals surface area (Å²) in [5.41, 5.74) is 1.15. The average molecular weight is 397 g/mol. The molecule has 0 aliphatic rings. The fourth-order valence-electron chi connectivity index (χ4n) is 2.87. The van der Waals surface area contributed by atoms with Crippen molar-refractivity contribution in [3.63, 3.8) is 0 Å². The molecule has 0 N–H and O–H groups in total. The summed E-state index contributed by atoms with van der Waals surface area (Å²) in [6.45, 7) is 3.99. The number of hydrogen-bond donors (Lipinski definition) is 0. The molecule has 5 nitrogen and oxygen atoms in total. The molecule has 0 saturated carbocycles. The number of nitrogens with zero attached hydrogens (tertiary/aromatic N) is 3. The van der Waals surface area contributed by atoms with E-state index in [0.717, 1.165) is 14.7 Å². The van der Waals surface area contributed by atoms with Gasteiger partial charge in [-0.05, 0) is 38.5 Å². The maximum absolute atomic E-state index is 13.0. The van der Waals surface area contributed by atoms with E-state index in [9.17, 15) is 18.0 Å². The van der Waals surface area contributed by atoms with Gasteiger partial charge in [-0.25, -0.2) is 4.98 Å². The largest absolute Gasteiger partial charge is 0.406 e. The lowest BCUT2D eigenvalue weighted by Crippen LogP contribution is -2.39. The van der Waals surface area contributed by atoms with Gasteiger partial charge in [0, 0.05) is 11.4 Å². The van der Waals surface area contributed by atoms with E-state index in [1.54, 1.807) is 13.8 Å². The highest BCUT2D eigenvalue weighted by molar-refractivity contribution is 7.15. The first kappa shape index (κ1) is 19.3. The van der Waals surface area contributed by atoms with Crippen molar-refractivity contribution in [3.05, 3.63) is 34.3 Å². The van der Waals surface area contributed by atoms with E-state index in [4.69, 9.17) is 4.52 Å². The van der Waals surface area contributed by atoms with Crippen LogP contribution in [0.3, 0.4) is 0 Å². The van der Waals surface area contributed by atoms with Crippen LogP contribution in [0.1, 0.15) is 34.3 Å². The Labute approximate surface area is 157 Å². The minimum atomic E-state index is -4.48. The number of aryl methyl sites for hydroxylation is 2. The van der Waals surface area contributed by atoms with Gasteiger partial charge in [-0.1, -0.05) is 12.1 Å². The molecule has 0 aromatic carbocycles. The van der Waals surface area contributed by atoms with E-state index in [-0.39, 0.29) is 17.8 Å². The third-order valence-electron chi connectivity index (χ3n) is 3.99. The molecule has 0 spiro atoms. The van der Waals surface area contributed by atoms with Crippen LogP contribution in [0, 0.1) is 13.8 Å². The second-order valence-corrected chi connectivity index (χ2v) is 7.54. The van der Waals surface area contributed by atoms with Gasteiger partial charge in [0.25, 0.3) is 11.6 Å². The van der Waals surface area contributed by atoms with Crippen LogP contribution in [0.25, 0.3) is 21.7 Å². The monoisotopic (exact) mass is 397 g/mol. The van der Waals surface area contributed by atoms with Gasteiger partial charge in [0.05, 0.1) is 27.2 Å². The van der Waals surface area contributed by atoms with Crippen molar-refractivity contribution in [2.24, 2.45) is 0 Å². The van der Waals surface area contributed by atoms with E-state index in [1.165, 1.54) is 17.4 Å². The molecule has 0 radical (unpaired) electrons. The van der Waals surface area contributed by atoms with Crippen molar-refractivity contribution in [1.29, 1.82) is 0 Å². The lowest BCUT2D eigenvalue weighted by Gasteiger charge is -2.24. The summed E-state index contributed by atoms with van der Waals surface area (Å²) in [5.74, 6) is -0.706. The number of alkyl halides is 3. The van der Waals surface area contributed by atoms with Crippen LogP contribution in [-0.4, -0.2) is 40.2 Å². The zero-order valence-corrected chi connectivity index (χ0v) is 15.9. The van der Waals surface area contributed by atoms with E-state index in [1.807, 2.05) is 19.1 Å². The summed E-state index contributed by atoms with van der Waals surface area (Å²) in [6.07, 6.45) is -4.07. The summed E-state index contributed by atoms with van der Waals surface area (Å²) in [5, 5.41) is 4.18. The number of carbonyl (C=O) groups is 1. The minimum Gasteiger partial charge on any atom is -0.335 e. The lowest BCUT2D eigenvalue weighted by atomic mass is 10.1. The molecule has 0 bridgehead atoms. The molecule has 0 atom stereocenters. The Morgan fingerprint density at radius 3 is 2.63 bits per heavy atom. The van der Waals surface area contributed by atoms with Crippen LogP contribution in [0.2, 0.25) is 0 Å². The average Bonchev–Trinajstić information content (AvgIpc) is 3.18. The van der Waals surface area contributed by atoms with E-state index in [2.05, 4.69) is 10.1 Å². The Morgan fingerprint density at radius 1 is 1.30 bits per heavy atom. The summed E-state index contributed by atoms with van der Waals surface area (Å²) in [7, 11) is 0. The van der Waals surface area contributed by atoms with Gasteiger partial charge in [0.1, 0.15) is 6.54 Å². The number of fused-ring (bicyclic) bond motifs is 1. The Morgan fingerprint density at radius 2 is 2.04 bits per heavy atom. The molecule has 27 heavy (non-hydrogen) atoms. The van der Waals surface area contributed by atoms with Gasteiger partial charge in [-0.15, -0.1) is 11.3 Å². The van der Waals surface area contributed by atoms with Crippen molar-refractivity contribution in [2.75, 3.05) is 13.1 Å². The molecule has 3 aromatic heterocycles. The Bertz CT molecular complexity index is 978. The predicted octanol–water partition coefficient (Wildman–Crippen LogP) is 4.98. The van der Waals surface area contributed by atoms with Crippen LogP contribution in [0.5, 0.6) is 0 Å². The Hall–Kier alpha value is -2.42. The molecule has 0 fully saturated rings. The third-order valence-corrected chi connectivity index (χ3v) is 5.01. The second-order valence-electron chi connectivity index (χ2n) is 6.26. The predicted molar refractivity (Wildman–Crippen MR) is 96.8 cm³/mol. The molecule has 0 aliphatic heterocycles.